The van der Waals surface area contributed by atoms with E-state index in [-0.39, 0.29) is 13.0 Å². The Morgan fingerprint density at radius 3 is 2.00 bits per heavy atom. The van der Waals surface area contributed by atoms with Crippen molar-refractivity contribution in [1.29, 1.82) is 0 Å². The van der Waals surface area contributed by atoms with Crippen LogP contribution in [0.5, 0.6) is 5.75 Å². The highest BCUT2D eigenvalue weighted by Crippen LogP contribution is 2.48. The van der Waals surface area contributed by atoms with Crippen molar-refractivity contribution in [3.8, 4) is 5.75 Å². The van der Waals surface area contributed by atoms with Crippen LogP contribution in [0, 0.1) is 5.92 Å². The molecule has 0 bridgehead atoms. The third-order valence-electron chi connectivity index (χ3n) is 3.63. The number of carbonyl (C=O) groups is 2. The third-order valence-corrected chi connectivity index (χ3v) is 5.20. The average Bonchev–Trinajstić information content (AvgIpc) is 3.24. The average molecular weight is 492 g/mol. The predicted octanol–water partition coefficient (Wildman–Crippen LogP) is 3.76. The molecular formula is C17H21F5O7SSi. The molecule has 2 rings (SSSR count). The van der Waals surface area contributed by atoms with Crippen molar-refractivity contribution < 1.29 is 53.4 Å². The van der Waals surface area contributed by atoms with Gasteiger partial charge in [0.05, 0.1) is 25.2 Å². The van der Waals surface area contributed by atoms with Crippen LogP contribution >= 0.6 is 0 Å². The number of esters is 1. The first-order chi connectivity index (χ1) is 13.9. The lowest BCUT2D eigenvalue weighted by molar-refractivity contribution is -0.151. The Hall–Kier alpha value is -2.22. The normalized spacial score (nSPS) is 17.6. The van der Waals surface area contributed by atoms with Crippen molar-refractivity contribution in [3.63, 3.8) is 0 Å². The topological polar surface area (TPSA) is 96.0 Å². The number of ether oxygens (including phenoxy) is 2. The fraction of sp³-hybridized carbons (Fsp3) is 0.529. The summed E-state index contributed by atoms with van der Waals surface area (Å²) < 4.78 is 95.6. The van der Waals surface area contributed by atoms with Crippen molar-refractivity contribution in [1.82, 2.24) is 0 Å². The van der Waals surface area contributed by atoms with Crippen LogP contribution in [0.4, 0.5) is 21.4 Å². The Kier molecular flexibility index (Phi) is 8.22. The minimum atomic E-state index is -6.26. The van der Waals surface area contributed by atoms with Crippen LogP contribution in [0.2, 0.25) is 19.6 Å². The van der Waals surface area contributed by atoms with Gasteiger partial charge in [-0.25, -0.2) is 18.4 Å². The zero-order valence-corrected chi connectivity index (χ0v) is 18.8. The van der Waals surface area contributed by atoms with E-state index in [1.165, 1.54) is 38.9 Å². The van der Waals surface area contributed by atoms with Crippen molar-refractivity contribution in [2.75, 3.05) is 13.7 Å². The first kappa shape index (κ1) is 26.8. The molecule has 1 atom stereocenters. The van der Waals surface area contributed by atoms with Crippen LogP contribution in [-0.4, -0.2) is 53.6 Å². The molecule has 1 fully saturated rings. The predicted molar refractivity (Wildman–Crippen MR) is 101 cm³/mol. The lowest BCUT2D eigenvalue weighted by Crippen LogP contribution is -2.42. The lowest BCUT2D eigenvalue weighted by atomic mass is 10.2. The second kappa shape index (κ2) is 9.50. The van der Waals surface area contributed by atoms with Crippen molar-refractivity contribution in [3.05, 3.63) is 29.8 Å². The molecule has 1 unspecified atom stereocenters. The van der Waals surface area contributed by atoms with E-state index in [4.69, 9.17) is 4.74 Å². The van der Waals surface area contributed by atoms with E-state index in [1.54, 1.807) is 12.1 Å². The van der Waals surface area contributed by atoms with Gasteiger partial charge >= 0.3 is 27.4 Å². The fourth-order valence-corrected chi connectivity index (χ4v) is 2.89. The van der Waals surface area contributed by atoms with Gasteiger partial charge in [0, 0.05) is 6.42 Å². The number of rotatable bonds is 7. The molecule has 0 aromatic heterocycles. The monoisotopic (exact) mass is 492 g/mol. The molecule has 7 nitrogen and oxygen atoms in total. The molecule has 0 amide bonds. The Bertz CT molecular complexity index is 898. The fourth-order valence-electron chi connectivity index (χ4n) is 1.89. The Labute approximate surface area is 176 Å². The highest BCUT2D eigenvalue weighted by Gasteiger charge is 2.57. The van der Waals surface area contributed by atoms with E-state index in [9.17, 15) is 39.5 Å². The molecular weight excluding hydrogens is 471 g/mol. The summed E-state index contributed by atoms with van der Waals surface area (Å²) in [5.41, 5.74) is 0.400. The highest BCUT2D eigenvalue weighted by atomic mass is 32.3. The maximum Gasteiger partial charge on any atom is 0.469 e. The van der Waals surface area contributed by atoms with E-state index in [0.717, 1.165) is 0 Å². The summed E-state index contributed by atoms with van der Waals surface area (Å²) in [4.78, 5) is 21.7. The van der Waals surface area contributed by atoms with Crippen LogP contribution < -0.4 is 4.74 Å². The van der Waals surface area contributed by atoms with E-state index in [2.05, 4.69) is 9.16 Å². The largest absolute Gasteiger partial charge is 0.515 e. The van der Waals surface area contributed by atoms with Crippen LogP contribution in [0.1, 0.15) is 16.8 Å². The molecule has 1 aliphatic rings. The zero-order chi connectivity index (χ0) is 24.3. The Balaban J connectivity index is 0.000000318. The maximum absolute atomic E-state index is 12.6. The summed E-state index contributed by atoms with van der Waals surface area (Å²) in [7, 11) is -7.64. The van der Waals surface area contributed by atoms with Crippen LogP contribution in [0.3, 0.4) is 0 Å². The number of halogens is 5. The number of alkyl halides is 4. The van der Waals surface area contributed by atoms with Gasteiger partial charge in [0.15, 0.2) is 0 Å². The minimum absolute atomic E-state index is 0.00453. The van der Waals surface area contributed by atoms with E-state index in [1.807, 2.05) is 0 Å². The lowest BCUT2D eigenvalue weighted by Gasteiger charge is -2.19. The summed E-state index contributed by atoms with van der Waals surface area (Å²) in [6.07, 6.45) is -0.104. The smallest absolute Gasteiger partial charge is 0.469 e. The zero-order valence-electron chi connectivity index (χ0n) is 17.0. The highest BCUT2D eigenvalue weighted by molar-refractivity contribution is 7.88. The first-order valence-corrected chi connectivity index (χ1v) is 13.4. The molecule has 14 heteroatoms. The summed E-state index contributed by atoms with van der Waals surface area (Å²) in [6, 6.07) is 6.19. The van der Waals surface area contributed by atoms with Crippen molar-refractivity contribution in [2.45, 2.75) is 37.2 Å². The van der Waals surface area contributed by atoms with Gasteiger partial charge < -0.3 is 13.9 Å². The number of benzene rings is 1. The molecule has 31 heavy (non-hydrogen) atoms. The number of carbonyl (C=O) groups excluding carboxylic acids is 2. The van der Waals surface area contributed by atoms with Crippen LogP contribution in [-0.2, 0) is 24.2 Å². The summed E-state index contributed by atoms with van der Waals surface area (Å²) in [6.45, 7) is 4.15. The Morgan fingerprint density at radius 1 is 1.16 bits per heavy atom. The molecule has 0 N–H and O–H groups in total. The second-order valence-corrected chi connectivity index (χ2v) is 13.3. The first-order valence-electron chi connectivity index (χ1n) is 8.65. The molecule has 0 saturated heterocycles. The van der Waals surface area contributed by atoms with Gasteiger partial charge in [-0.05, 0) is 43.9 Å². The van der Waals surface area contributed by atoms with E-state index in [0.29, 0.717) is 11.3 Å². The van der Waals surface area contributed by atoms with Crippen LogP contribution in [0.15, 0.2) is 24.3 Å². The van der Waals surface area contributed by atoms with Gasteiger partial charge in [-0.1, -0.05) is 3.89 Å². The summed E-state index contributed by atoms with van der Waals surface area (Å²) in [5, 5.41) is -5.12. The molecule has 0 heterocycles. The molecule has 0 spiro atoms. The Morgan fingerprint density at radius 2 is 1.65 bits per heavy atom. The minimum Gasteiger partial charge on any atom is -0.515 e. The van der Waals surface area contributed by atoms with Gasteiger partial charge in [-0.3, -0.25) is 0 Å². The molecule has 176 valence electrons. The summed E-state index contributed by atoms with van der Waals surface area (Å²) >= 11 is 0. The summed E-state index contributed by atoms with van der Waals surface area (Å²) in [5.74, 6) is -5.57. The molecule has 1 aliphatic carbocycles. The number of methoxy groups -OCH3 is 1. The molecule has 1 saturated carbocycles. The van der Waals surface area contributed by atoms with E-state index < -0.39 is 47.6 Å². The SMILES string of the molecule is COC(=O)c1ccc(OCC2CC2(F)F)cc1.C[Si](C)(C)OC(=O)C(F)(F)S(=O)(=O)F. The quantitative estimate of drug-likeness (QED) is 0.248. The maximum atomic E-state index is 12.6. The van der Waals surface area contributed by atoms with Crippen molar-refractivity contribution in [2.24, 2.45) is 5.92 Å². The van der Waals surface area contributed by atoms with E-state index >= 15 is 0 Å². The van der Waals surface area contributed by atoms with Gasteiger partial charge in [0.1, 0.15) is 5.75 Å². The molecule has 0 aliphatic heterocycles. The molecule has 1 aromatic carbocycles. The molecule has 0 radical (unpaired) electrons. The van der Waals surface area contributed by atoms with Crippen molar-refractivity contribution >= 4 is 30.5 Å². The second-order valence-electron chi connectivity index (χ2n) is 7.45. The number of hydrogen-bond donors (Lipinski definition) is 0. The third kappa shape index (κ3) is 8.09. The van der Waals surface area contributed by atoms with Gasteiger partial charge in [0.25, 0.3) is 5.92 Å². The van der Waals surface area contributed by atoms with Gasteiger partial charge in [0.2, 0.25) is 8.32 Å². The van der Waals surface area contributed by atoms with Crippen LogP contribution in [0.25, 0.3) is 0 Å². The standard InChI is InChI=1S/C12H12F2O3.C5H9F3O4SSi/c1-16-11(15)8-2-4-10(5-3-8)17-7-9-6-12(9,13)14;1-14(2,3)12-4(9)5(6,7)13(8,10)11/h2-5,9H,6-7H2,1H3;1-3H3. The molecule has 1 aromatic rings. The van der Waals surface area contributed by atoms with Gasteiger partial charge in [-0.2, -0.15) is 17.2 Å². The number of hydrogen-bond acceptors (Lipinski definition) is 7. The van der Waals surface area contributed by atoms with Gasteiger partial charge in [-0.15, -0.1) is 0 Å².